The van der Waals surface area contributed by atoms with E-state index in [1.807, 2.05) is 36.4 Å². The summed E-state index contributed by atoms with van der Waals surface area (Å²) in [6.45, 7) is 4.56. The first-order valence-electron chi connectivity index (χ1n) is 4.41. The fourth-order valence-electron chi connectivity index (χ4n) is 0.988. The predicted molar refractivity (Wildman–Crippen MR) is 54.7 cm³/mol. The molecule has 74 valence electrons. The van der Waals surface area contributed by atoms with Crippen LogP contribution in [0, 0.1) is 0 Å². The van der Waals surface area contributed by atoms with Crippen LogP contribution in [-0.4, -0.2) is 26.2 Å². The molecule has 1 aromatic carbocycles. The van der Waals surface area contributed by atoms with Crippen LogP contribution in [0.3, 0.4) is 0 Å². The SMILES string of the molecule is C1CNCCN1.F.c1ccccc1. The largest absolute Gasteiger partial charge is 0.314 e. The van der Waals surface area contributed by atoms with E-state index in [4.69, 9.17) is 0 Å². The molecule has 0 saturated carbocycles. The van der Waals surface area contributed by atoms with Gasteiger partial charge in [0.15, 0.2) is 0 Å². The number of rotatable bonds is 0. The minimum atomic E-state index is 0. The molecule has 1 aliphatic heterocycles. The summed E-state index contributed by atoms with van der Waals surface area (Å²) in [6.07, 6.45) is 0. The van der Waals surface area contributed by atoms with Crippen LogP contribution in [0.1, 0.15) is 0 Å². The Morgan fingerprint density at radius 3 is 0.923 bits per heavy atom. The molecule has 1 aliphatic rings. The second kappa shape index (κ2) is 9.16. The lowest BCUT2D eigenvalue weighted by Gasteiger charge is -2.11. The van der Waals surface area contributed by atoms with E-state index in [2.05, 4.69) is 10.6 Å². The van der Waals surface area contributed by atoms with E-state index in [1.165, 1.54) is 0 Å². The van der Waals surface area contributed by atoms with E-state index in [1.54, 1.807) is 0 Å². The summed E-state index contributed by atoms with van der Waals surface area (Å²) in [5.74, 6) is 0. The van der Waals surface area contributed by atoms with Crippen LogP contribution in [0.4, 0.5) is 4.70 Å². The van der Waals surface area contributed by atoms with Crippen LogP contribution in [0.15, 0.2) is 36.4 Å². The average Bonchev–Trinajstić information content (AvgIpc) is 2.24. The molecular weight excluding hydrogens is 167 g/mol. The Hall–Kier alpha value is -0.930. The molecule has 13 heavy (non-hydrogen) atoms. The molecular formula is C10H17FN2. The number of hydrogen-bond donors (Lipinski definition) is 2. The van der Waals surface area contributed by atoms with Crippen molar-refractivity contribution in [3.8, 4) is 0 Å². The Labute approximate surface area is 78.7 Å². The molecule has 1 aromatic rings. The van der Waals surface area contributed by atoms with E-state index in [0.29, 0.717) is 0 Å². The Morgan fingerprint density at radius 1 is 0.538 bits per heavy atom. The first kappa shape index (κ1) is 12.1. The van der Waals surface area contributed by atoms with Gasteiger partial charge in [0.05, 0.1) is 0 Å². The summed E-state index contributed by atoms with van der Waals surface area (Å²) in [4.78, 5) is 0. The molecule has 0 unspecified atom stereocenters. The van der Waals surface area contributed by atoms with Crippen molar-refractivity contribution in [1.29, 1.82) is 0 Å². The zero-order valence-electron chi connectivity index (χ0n) is 7.70. The highest BCUT2D eigenvalue weighted by atomic mass is 19.0. The monoisotopic (exact) mass is 184 g/mol. The third-order valence-corrected chi connectivity index (χ3v) is 1.62. The molecule has 0 aromatic heterocycles. The summed E-state index contributed by atoms with van der Waals surface area (Å²) in [7, 11) is 0. The first-order chi connectivity index (χ1) is 6.00. The highest BCUT2D eigenvalue weighted by Crippen LogP contribution is 1.79. The van der Waals surface area contributed by atoms with Gasteiger partial charge >= 0.3 is 0 Å². The van der Waals surface area contributed by atoms with E-state index in [9.17, 15) is 0 Å². The van der Waals surface area contributed by atoms with Gasteiger partial charge in [-0.3, -0.25) is 4.70 Å². The number of hydrogen-bond acceptors (Lipinski definition) is 2. The van der Waals surface area contributed by atoms with Crippen molar-refractivity contribution in [2.45, 2.75) is 0 Å². The van der Waals surface area contributed by atoms with Gasteiger partial charge < -0.3 is 10.6 Å². The van der Waals surface area contributed by atoms with E-state index in [0.717, 1.165) is 26.2 Å². The lowest BCUT2D eigenvalue weighted by molar-refractivity contribution is 0.534. The minimum Gasteiger partial charge on any atom is -0.314 e. The maximum absolute atomic E-state index is 3.22. The number of halogens is 1. The van der Waals surface area contributed by atoms with Gasteiger partial charge in [0.25, 0.3) is 0 Å². The van der Waals surface area contributed by atoms with Gasteiger partial charge in [-0.05, 0) is 0 Å². The molecule has 0 aliphatic carbocycles. The molecule has 1 heterocycles. The van der Waals surface area contributed by atoms with Crippen LogP contribution in [-0.2, 0) is 0 Å². The van der Waals surface area contributed by atoms with Crippen LogP contribution in [0.25, 0.3) is 0 Å². The predicted octanol–water partition coefficient (Wildman–Crippen LogP) is 1.02. The fourth-order valence-corrected chi connectivity index (χ4v) is 0.988. The summed E-state index contributed by atoms with van der Waals surface area (Å²) in [5.41, 5.74) is 0. The Balaban J connectivity index is 0.000000206. The molecule has 2 nitrogen and oxygen atoms in total. The van der Waals surface area contributed by atoms with Crippen molar-refractivity contribution in [1.82, 2.24) is 10.6 Å². The van der Waals surface area contributed by atoms with E-state index in [-0.39, 0.29) is 4.70 Å². The van der Waals surface area contributed by atoms with Gasteiger partial charge in [-0.2, -0.15) is 0 Å². The van der Waals surface area contributed by atoms with Crippen LogP contribution in [0.2, 0.25) is 0 Å². The van der Waals surface area contributed by atoms with Crippen molar-refractivity contribution in [2.75, 3.05) is 26.2 Å². The average molecular weight is 184 g/mol. The third-order valence-electron chi connectivity index (χ3n) is 1.62. The van der Waals surface area contributed by atoms with Crippen molar-refractivity contribution >= 4 is 0 Å². The molecule has 3 heteroatoms. The Kier molecular flexibility index (Phi) is 8.51. The van der Waals surface area contributed by atoms with Crippen LogP contribution >= 0.6 is 0 Å². The molecule has 2 rings (SSSR count). The lowest BCUT2D eigenvalue weighted by atomic mass is 10.4. The lowest BCUT2D eigenvalue weighted by Crippen LogP contribution is -2.39. The van der Waals surface area contributed by atoms with Gasteiger partial charge in [0.2, 0.25) is 0 Å². The normalized spacial score (nSPS) is 14.8. The second-order valence-electron chi connectivity index (χ2n) is 2.65. The topological polar surface area (TPSA) is 24.1 Å². The van der Waals surface area contributed by atoms with Gasteiger partial charge in [-0.1, -0.05) is 36.4 Å². The van der Waals surface area contributed by atoms with Crippen molar-refractivity contribution < 1.29 is 4.70 Å². The number of nitrogens with one attached hydrogen (secondary N) is 2. The third kappa shape index (κ3) is 7.43. The maximum Gasteiger partial charge on any atom is 0.00772 e. The quantitative estimate of drug-likeness (QED) is 0.629. The highest BCUT2D eigenvalue weighted by Gasteiger charge is 1.91. The summed E-state index contributed by atoms with van der Waals surface area (Å²) in [5, 5.41) is 6.44. The van der Waals surface area contributed by atoms with Crippen molar-refractivity contribution in [3.05, 3.63) is 36.4 Å². The molecule has 0 bridgehead atoms. The van der Waals surface area contributed by atoms with Gasteiger partial charge in [0, 0.05) is 26.2 Å². The molecule has 0 radical (unpaired) electrons. The Morgan fingerprint density at radius 2 is 0.769 bits per heavy atom. The molecule has 1 saturated heterocycles. The molecule has 0 spiro atoms. The Bertz CT molecular complexity index is 137. The van der Waals surface area contributed by atoms with Gasteiger partial charge in [0.1, 0.15) is 0 Å². The zero-order chi connectivity index (χ0) is 8.49. The molecule has 0 atom stereocenters. The number of benzene rings is 1. The van der Waals surface area contributed by atoms with Gasteiger partial charge in [-0.25, -0.2) is 0 Å². The standard InChI is InChI=1S/C6H6.C4H10N2.FH/c1-2-4-6-5-3-1;1-2-6-4-3-5-1;/h1-6H;5-6H,1-4H2;1H. The zero-order valence-corrected chi connectivity index (χ0v) is 7.70. The van der Waals surface area contributed by atoms with Crippen molar-refractivity contribution in [3.63, 3.8) is 0 Å². The first-order valence-corrected chi connectivity index (χ1v) is 4.41. The highest BCUT2D eigenvalue weighted by molar-refractivity contribution is 4.99. The number of piperazine rings is 1. The minimum absolute atomic E-state index is 0. The second-order valence-corrected chi connectivity index (χ2v) is 2.65. The molecule has 2 N–H and O–H groups in total. The summed E-state index contributed by atoms with van der Waals surface area (Å²) < 4.78 is 0. The molecule has 0 amide bonds. The van der Waals surface area contributed by atoms with Crippen LogP contribution < -0.4 is 10.6 Å². The van der Waals surface area contributed by atoms with Crippen molar-refractivity contribution in [2.24, 2.45) is 0 Å². The molecule has 1 fully saturated rings. The maximum atomic E-state index is 3.22. The van der Waals surface area contributed by atoms with E-state index >= 15 is 0 Å². The summed E-state index contributed by atoms with van der Waals surface area (Å²) in [6, 6.07) is 12.0. The fraction of sp³-hybridized carbons (Fsp3) is 0.400. The smallest absolute Gasteiger partial charge is 0.00772 e. The van der Waals surface area contributed by atoms with Crippen LogP contribution in [0.5, 0.6) is 0 Å². The van der Waals surface area contributed by atoms with E-state index < -0.39 is 0 Å². The summed E-state index contributed by atoms with van der Waals surface area (Å²) >= 11 is 0. The van der Waals surface area contributed by atoms with Gasteiger partial charge in [-0.15, -0.1) is 0 Å².